The molecule has 0 saturated heterocycles. The molecule has 0 N–H and O–H groups in total. The molecule has 0 atom stereocenters. The first-order valence-electron chi connectivity index (χ1n) is 2.09. The summed E-state index contributed by atoms with van der Waals surface area (Å²) >= 11 is 0. The molecule has 0 radical (unpaired) electrons. The topological polar surface area (TPSA) is 57.2 Å². The molecule has 0 aromatic carbocycles. The van der Waals surface area contributed by atoms with Crippen LogP contribution >= 0.6 is 0 Å². The smallest absolute Gasteiger partial charge is 0.741 e. The Morgan fingerprint density at radius 2 is 1.50 bits per heavy atom. The van der Waals surface area contributed by atoms with E-state index in [2.05, 4.69) is 13.5 Å². The molecule has 3 nitrogen and oxygen atoms in total. The summed E-state index contributed by atoms with van der Waals surface area (Å²) in [5, 5.41) is 0. The van der Waals surface area contributed by atoms with E-state index in [-0.39, 0.29) is 20.4 Å². The second-order valence-corrected chi connectivity index (χ2v) is 2.56. The summed E-state index contributed by atoms with van der Waals surface area (Å²) in [6.45, 7) is 6.50. The van der Waals surface area contributed by atoms with E-state index >= 15 is 0 Å². The third kappa shape index (κ3) is 9.97. The Labute approximate surface area is 82.1 Å². The van der Waals surface area contributed by atoms with Crippen LogP contribution in [0.1, 0.15) is 0 Å². The van der Waals surface area contributed by atoms with E-state index in [0.29, 0.717) is 0 Å². The first kappa shape index (κ1) is 17.9. The van der Waals surface area contributed by atoms with Crippen LogP contribution in [0.25, 0.3) is 0 Å². The maximum absolute atomic E-state index is 10.7. The number of allylic oxidation sites excluding steroid dienone is 1. The van der Waals surface area contributed by atoms with Gasteiger partial charge in [0, 0.05) is 0 Å². The van der Waals surface area contributed by atoms with Crippen LogP contribution in [0.4, 0.5) is 13.2 Å². The van der Waals surface area contributed by atoms with Crippen molar-refractivity contribution in [2.75, 3.05) is 0 Å². The maximum Gasteiger partial charge on any atom is 2.00 e. The maximum atomic E-state index is 10.7. The molecule has 0 saturated carbocycles. The fourth-order valence-electron chi connectivity index (χ4n) is 0. The Morgan fingerprint density at radius 3 is 1.50 bits per heavy atom. The van der Waals surface area contributed by atoms with E-state index in [0.717, 1.165) is 0 Å². The van der Waals surface area contributed by atoms with Crippen LogP contribution in [0, 0.1) is 6.92 Å². The molecule has 0 spiro atoms. The first-order chi connectivity index (χ1) is 4.66. The van der Waals surface area contributed by atoms with Gasteiger partial charge in [-0.2, -0.15) is 13.2 Å². The molecule has 0 aliphatic heterocycles. The summed E-state index contributed by atoms with van der Waals surface area (Å²) in [7, 11) is -6.09. The first-order valence-corrected chi connectivity index (χ1v) is 3.50. The third-order valence-corrected chi connectivity index (χ3v) is 0.850. The number of alkyl halides is 3. The number of halogens is 3. The van der Waals surface area contributed by atoms with Crippen LogP contribution in [0.15, 0.2) is 12.7 Å². The van der Waals surface area contributed by atoms with E-state index in [1.165, 1.54) is 6.08 Å². The van der Waals surface area contributed by atoms with Gasteiger partial charge < -0.3 is 4.55 Å². The Balaban J connectivity index is -0.000000177. The van der Waals surface area contributed by atoms with Gasteiger partial charge in [-0.05, 0) is 0 Å². The molecule has 0 fully saturated rings. The fourth-order valence-corrected chi connectivity index (χ4v) is 0. The van der Waals surface area contributed by atoms with Crippen LogP contribution in [-0.4, -0.2) is 18.5 Å². The molecule has 0 aromatic rings. The van der Waals surface area contributed by atoms with Crippen molar-refractivity contribution in [2.45, 2.75) is 5.51 Å². The molecule has 8 heteroatoms. The van der Waals surface area contributed by atoms with Gasteiger partial charge in [-0.25, -0.2) is 28.0 Å². The van der Waals surface area contributed by atoms with Crippen molar-refractivity contribution >= 4 is 10.1 Å². The summed E-state index contributed by atoms with van der Waals surface area (Å²) in [6.07, 6.45) is 1.50. The molecule has 0 aliphatic rings. The van der Waals surface area contributed by atoms with E-state index in [1.807, 2.05) is 0 Å². The van der Waals surface area contributed by atoms with Crippen molar-refractivity contribution in [3.8, 4) is 0 Å². The van der Waals surface area contributed by atoms with Crippen LogP contribution < -0.4 is 0 Å². The molecule has 0 rings (SSSR count). The predicted molar refractivity (Wildman–Crippen MR) is 31.3 cm³/mol. The predicted octanol–water partition coefficient (Wildman–Crippen LogP) is 1.06. The fraction of sp³-hybridized carbons (Fsp3) is 0.250. The Morgan fingerprint density at radius 1 is 1.42 bits per heavy atom. The zero-order valence-corrected chi connectivity index (χ0v) is 7.95. The molecule has 12 heavy (non-hydrogen) atoms. The Bertz CT molecular complexity index is 208. The Hall–Kier alpha value is -0.0277. The summed E-state index contributed by atoms with van der Waals surface area (Å²) in [5.74, 6) is 0. The molecular weight excluding hydrogens is 292 g/mol. The number of hydrogen-bond donors (Lipinski definition) is 0. The summed E-state index contributed by atoms with van der Waals surface area (Å²) < 4.78 is 58.9. The van der Waals surface area contributed by atoms with Gasteiger partial charge in [0.2, 0.25) is 0 Å². The van der Waals surface area contributed by atoms with Crippen molar-refractivity contribution in [2.24, 2.45) is 0 Å². The van der Waals surface area contributed by atoms with E-state index < -0.39 is 15.6 Å². The van der Waals surface area contributed by atoms with Crippen LogP contribution in [0.2, 0.25) is 0 Å². The van der Waals surface area contributed by atoms with Gasteiger partial charge in [-0.3, -0.25) is 0 Å². The van der Waals surface area contributed by atoms with Crippen LogP contribution in [-0.2, 0) is 30.5 Å². The normalized spacial score (nSPS) is 10.3. The summed E-state index contributed by atoms with van der Waals surface area (Å²) in [6, 6.07) is 0. The second kappa shape index (κ2) is 6.48. The molecule has 0 unspecified atom stereocenters. The molecule has 0 aromatic heterocycles. The number of rotatable bonds is 0. The minimum absolute atomic E-state index is 0. The van der Waals surface area contributed by atoms with Crippen LogP contribution in [0.5, 0.6) is 0 Å². The zero-order valence-electron chi connectivity index (χ0n) is 5.57. The van der Waals surface area contributed by atoms with E-state index in [4.69, 9.17) is 13.0 Å². The van der Waals surface area contributed by atoms with E-state index in [1.54, 1.807) is 0 Å². The SMILES string of the molecule is C=C[CH2-].O=S(=O)([O-])C(F)(F)F.[Pd+2]. The molecule has 0 amide bonds. The minimum atomic E-state index is -6.09. The molecule has 0 heterocycles. The Kier molecular flexibility index (Phi) is 9.67. The van der Waals surface area contributed by atoms with Gasteiger partial charge in [-0.1, -0.05) is 0 Å². The molecule has 0 bridgehead atoms. The van der Waals surface area contributed by atoms with Crippen molar-refractivity contribution in [3.63, 3.8) is 0 Å². The molecule has 76 valence electrons. The van der Waals surface area contributed by atoms with Crippen molar-refractivity contribution < 1.29 is 46.6 Å². The average Bonchev–Trinajstić information content (AvgIpc) is 1.60. The molecular formula is C4H5F3O3PdS. The van der Waals surface area contributed by atoms with Crippen molar-refractivity contribution in [3.05, 3.63) is 19.6 Å². The van der Waals surface area contributed by atoms with Gasteiger partial charge >= 0.3 is 25.9 Å². The van der Waals surface area contributed by atoms with Gasteiger partial charge in [0.05, 0.1) is 0 Å². The van der Waals surface area contributed by atoms with Crippen LogP contribution in [0.3, 0.4) is 0 Å². The largest absolute Gasteiger partial charge is 2.00 e. The van der Waals surface area contributed by atoms with Gasteiger partial charge in [0.25, 0.3) is 0 Å². The van der Waals surface area contributed by atoms with Crippen molar-refractivity contribution in [1.82, 2.24) is 0 Å². The van der Waals surface area contributed by atoms with Crippen molar-refractivity contribution in [1.29, 1.82) is 0 Å². The van der Waals surface area contributed by atoms with Gasteiger partial charge in [0.1, 0.15) is 0 Å². The monoisotopic (exact) mass is 296 g/mol. The standard InChI is InChI=1S/C3H5.CHF3O3S.Pd/c1-3-2;2-1(3,4)8(5,6)7;/h3H,1-2H2;(H,5,6,7);/q-1;;+2/p-1. The quantitative estimate of drug-likeness (QED) is 0.291. The summed E-state index contributed by atoms with van der Waals surface area (Å²) in [4.78, 5) is 0. The second-order valence-electron chi connectivity index (χ2n) is 1.19. The number of hydrogen-bond acceptors (Lipinski definition) is 3. The van der Waals surface area contributed by atoms with Gasteiger partial charge in [0.15, 0.2) is 10.1 Å². The zero-order chi connectivity index (χ0) is 9.71. The minimum Gasteiger partial charge on any atom is -0.741 e. The average molecular weight is 297 g/mol. The van der Waals surface area contributed by atoms with Gasteiger partial charge in [-0.15, -0.1) is 0 Å². The van der Waals surface area contributed by atoms with E-state index in [9.17, 15) is 13.2 Å². The molecule has 0 aliphatic carbocycles. The summed E-state index contributed by atoms with van der Waals surface area (Å²) in [5.41, 5.74) is -5.65. The third-order valence-electron chi connectivity index (χ3n) is 0.283.